The number of carbonyl (C=O) groups excluding carboxylic acids is 1. The maximum absolute atomic E-state index is 13.0. The van der Waals surface area contributed by atoms with Gasteiger partial charge in [0.1, 0.15) is 6.61 Å². The number of aromatic nitrogens is 2. The van der Waals surface area contributed by atoms with E-state index in [1.165, 1.54) is 0 Å². The van der Waals surface area contributed by atoms with Crippen molar-refractivity contribution in [2.24, 2.45) is 0 Å². The van der Waals surface area contributed by atoms with Gasteiger partial charge in [-0.15, -0.1) is 0 Å². The summed E-state index contributed by atoms with van der Waals surface area (Å²) in [6.07, 6.45) is 0.139. The van der Waals surface area contributed by atoms with E-state index in [0.29, 0.717) is 23.4 Å². The first-order valence-electron chi connectivity index (χ1n) is 8.59. The van der Waals surface area contributed by atoms with Gasteiger partial charge in [0.25, 0.3) is 5.56 Å². The van der Waals surface area contributed by atoms with Crippen LogP contribution in [0.5, 0.6) is 0 Å². The first-order valence-corrected chi connectivity index (χ1v) is 8.59. The molecule has 7 heteroatoms. The molecule has 140 valence electrons. The zero-order valence-corrected chi connectivity index (χ0v) is 16.7. The second-order valence-corrected chi connectivity index (χ2v) is 6.79. The summed E-state index contributed by atoms with van der Waals surface area (Å²) in [5, 5.41) is 11.8. The van der Waals surface area contributed by atoms with Crippen LogP contribution in [0.4, 0.5) is 0 Å². The summed E-state index contributed by atoms with van der Waals surface area (Å²) >= 11 is 0. The third-order valence-electron chi connectivity index (χ3n) is 5.42. The van der Waals surface area contributed by atoms with E-state index in [4.69, 9.17) is 9.72 Å². The van der Waals surface area contributed by atoms with Crippen LogP contribution in [0.15, 0.2) is 41.2 Å². The predicted octanol–water partition coefficient (Wildman–Crippen LogP) is 2.08. The maximum atomic E-state index is 13.0. The second kappa shape index (κ2) is 6.11. The zero-order valence-electron chi connectivity index (χ0n) is 14.5. The fourth-order valence-corrected chi connectivity index (χ4v) is 3.93. The Hall–Kier alpha value is -2.30. The minimum Gasteiger partial charge on any atom is -0.458 e. The number of benzene rings is 1. The number of ether oxygens (including phenoxy) is 1. The van der Waals surface area contributed by atoms with Gasteiger partial charge in [-0.1, -0.05) is 25.1 Å². The molecule has 27 heavy (non-hydrogen) atoms. The van der Waals surface area contributed by atoms with Crippen LogP contribution < -0.4 is 5.56 Å². The standard InChI is InChI=1S/C20H16N2O4.Pt/c1-2-20(25)14-8-16-17-12(7-11-5-3-4-6-15(11)21-17)9-22(16)18(23)13(14)10-26-19(20)24;/h3-8,25H,2,9-10H2,1H3;. The average Bonchev–Trinajstić information content (AvgIpc) is 3.01. The molecular formula is C20H16N2O4Pt. The van der Waals surface area contributed by atoms with Crippen LogP contribution in [0.2, 0.25) is 0 Å². The van der Waals surface area contributed by atoms with Crippen LogP contribution in [-0.2, 0) is 49.3 Å². The molecule has 0 saturated carbocycles. The number of nitrogens with zero attached hydrogens (tertiary/aromatic N) is 2. The molecule has 1 atom stereocenters. The maximum Gasteiger partial charge on any atom is 0.343 e. The molecule has 6 nitrogen and oxygen atoms in total. The third-order valence-corrected chi connectivity index (χ3v) is 5.42. The second-order valence-electron chi connectivity index (χ2n) is 6.79. The Labute approximate surface area is 169 Å². The number of carbonyl (C=O) groups is 1. The number of esters is 1. The number of aliphatic hydroxyl groups is 1. The quantitative estimate of drug-likeness (QED) is 0.372. The van der Waals surface area contributed by atoms with E-state index in [1.807, 2.05) is 30.3 Å². The van der Waals surface area contributed by atoms with Gasteiger partial charge in [0.2, 0.25) is 0 Å². The molecule has 4 heterocycles. The Morgan fingerprint density at radius 1 is 1.26 bits per heavy atom. The topological polar surface area (TPSA) is 81.4 Å². The van der Waals surface area contributed by atoms with Crippen molar-refractivity contribution in [3.05, 3.63) is 63.4 Å². The van der Waals surface area contributed by atoms with E-state index in [2.05, 4.69) is 0 Å². The molecule has 3 aromatic rings. The summed E-state index contributed by atoms with van der Waals surface area (Å²) < 4.78 is 6.72. The van der Waals surface area contributed by atoms with E-state index in [1.54, 1.807) is 17.6 Å². The average molecular weight is 543 g/mol. The van der Waals surface area contributed by atoms with Crippen molar-refractivity contribution < 1.29 is 35.7 Å². The summed E-state index contributed by atoms with van der Waals surface area (Å²) in [4.78, 5) is 29.9. The summed E-state index contributed by atoms with van der Waals surface area (Å²) in [6, 6.07) is 11.6. The Bertz CT molecular complexity index is 1170. The van der Waals surface area contributed by atoms with E-state index >= 15 is 0 Å². The molecule has 1 unspecified atom stereocenters. The predicted molar refractivity (Wildman–Crippen MR) is 94.5 cm³/mol. The van der Waals surface area contributed by atoms with E-state index < -0.39 is 11.6 Å². The summed E-state index contributed by atoms with van der Waals surface area (Å²) in [6.45, 7) is 2.01. The Morgan fingerprint density at radius 2 is 2.04 bits per heavy atom. The van der Waals surface area contributed by atoms with Gasteiger partial charge >= 0.3 is 5.97 Å². The minimum absolute atomic E-state index is 0. The van der Waals surface area contributed by atoms with Gasteiger partial charge in [-0.3, -0.25) is 4.79 Å². The first kappa shape index (κ1) is 18.1. The molecule has 2 aromatic heterocycles. The van der Waals surface area contributed by atoms with Crippen LogP contribution in [0.25, 0.3) is 22.3 Å². The number of cyclic esters (lactones) is 1. The molecule has 0 bridgehead atoms. The third kappa shape index (κ3) is 2.36. The number of para-hydroxylation sites is 1. The van der Waals surface area contributed by atoms with Crippen LogP contribution >= 0.6 is 0 Å². The van der Waals surface area contributed by atoms with E-state index in [0.717, 1.165) is 22.2 Å². The fraction of sp³-hybridized carbons (Fsp3) is 0.250. The van der Waals surface area contributed by atoms with E-state index in [9.17, 15) is 14.7 Å². The van der Waals surface area contributed by atoms with Gasteiger partial charge < -0.3 is 14.4 Å². The molecule has 2 aliphatic rings. The van der Waals surface area contributed by atoms with Crippen molar-refractivity contribution in [1.82, 2.24) is 9.55 Å². The van der Waals surface area contributed by atoms with Crippen LogP contribution in [0.3, 0.4) is 0 Å². The number of hydrogen-bond donors (Lipinski definition) is 1. The number of pyridine rings is 2. The molecule has 2 aliphatic heterocycles. The van der Waals surface area contributed by atoms with Gasteiger partial charge in [0.15, 0.2) is 5.60 Å². The van der Waals surface area contributed by atoms with Crippen molar-refractivity contribution >= 4 is 16.9 Å². The smallest absolute Gasteiger partial charge is 0.343 e. The molecule has 0 saturated heterocycles. The van der Waals surface area contributed by atoms with Crippen molar-refractivity contribution in [2.75, 3.05) is 0 Å². The number of rotatable bonds is 1. The Kier molecular flexibility index (Phi) is 4.09. The van der Waals surface area contributed by atoms with Crippen molar-refractivity contribution in [3.63, 3.8) is 0 Å². The van der Waals surface area contributed by atoms with Crippen LogP contribution in [0, 0.1) is 0 Å². The van der Waals surface area contributed by atoms with Gasteiger partial charge in [-0.25, -0.2) is 9.78 Å². The molecule has 0 amide bonds. The van der Waals surface area contributed by atoms with Gasteiger partial charge in [0.05, 0.1) is 29.0 Å². The van der Waals surface area contributed by atoms with Crippen LogP contribution in [-0.4, -0.2) is 20.6 Å². The first-order chi connectivity index (χ1) is 12.5. The SMILES string of the molecule is CCC1(O)C(=O)OCc2c1cc1n(c2=O)Cc2cc3ccccc3nc2-1.[Pt]. The fourth-order valence-electron chi connectivity index (χ4n) is 3.93. The molecular weight excluding hydrogens is 527 g/mol. The van der Waals surface area contributed by atoms with Crippen LogP contribution in [0.1, 0.15) is 30.0 Å². The number of fused-ring (bicyclic) bond motifs is 5. The van der Waals surface area contributed by atoms with E-state index in [-0.39, 0.29) is 39.7 Å². The van der Waals surface area contributed by atoms with Crippen molar-refractivity contribution in [3.8, 4) is 11.4 Å². The molecule has 1 aromatic carbocycles. The molecule has 0 radical (unpaired) electrons. The summed E-state index contributed by atoms with van der Waals surface area (Å²) in [5.74, 6) is -0.707. The zero-order chi connectivity index (χ0) is 18.1. The van der Waals surface area contributed by atoms with Crippen molar-refractivity contribution in [1.29, 1.82) is 0 Å². The van der Waals surface area contributed by atoms with Gasteiger partial charge in [-0.05, 0) is 24.6 Å². The normalized spacial score (nSPS) is 19.7. The monoisotopic (exact) mass is 543 g/mol. The Morgan fingerprint density at radius 3 is 2.81 bits per heavy atom. The minimum atomic E-state index is -1.79. The number of hydrogen-bond acceptors (Lipinski definition) is 5. The van der Waals surface area contributed by atoms with Gasteiger partial charge in [-0.2, -0.15) is 0 Å². The molecule has 0 aliphatic carbocycles. The Balaban J connectivity index is 0.00000180. The van der Waals surface area contributed by atoms with Gasteiger partial charge in [0, 0.05) is 37.6 Å². The molecule has 0 fully saturated rings. The molecule has 1 N–H and O–H groups in total. The molecule has 0 spiro atoms. The summed E-state index contributed by atoms with van der Waals surface area (Å²) in [5.41, 5.74) is 1.81. The molecule has 5 rings (SSSR count). The van der Waals surface area contributed by atoms with Crippen molar-refractivity contribution in [2.45, 2.75) is 32.1 Å². The largest absolute Gasteiger partial charge is 0.458 e. The summed E-state index contributed by atoms with van der Waals surface area (Å²) in [7, 11) is 0.